The second-order valence-electron chi connectivity index (χ2n) is 6.07. The van der Waals surface area contributed by atoms with Gasteiger partial charge in [0.1, 0.15) is 0 Å². The third-order valence-electron chi connectivity index (χ3n) is 4.26. The Hall–Kier alpha value is -1.76. The normalized spacial score (nSPS) is 16.2. The maximum Gasteiger partial charge on any atom is 0.243 e. The molecule has 2 heterocycles. The molecule has 0 spiro atoms. The molecule has 1 N–H and O–H groups in total. The van der Waals surface area contributed by atoms with E-state index in [1.807, 2.05) is 30.5 Å². The van der Waals surface area contributed by atoms with Crippen LogP contribution in [0.4, 0.5) is 0 Å². The van der Waals surface area contributed by atoms with Gasteiger partial charge in [0.15, 0.2) is 0 Å². The zero-order valence-corrected chi connectivity index (χ0v) is 14.5. The molecular weight excluding hydrogens is 322 g/mol. The number of hydrogen-bond acceptors (Lipinski definition) is 4. The van der Waals surface area contributed by atoms with Crippen LogP contribution in [0.5, 0.6) is 0 Å². The Labute approximate surface area is 143 Å². The lowest BCUT2D eigenvalue weighted by atomic mass is 10.2. The smallest absolute Gasteiger partial charge is 0.243 e. The molecule has 0 saturated carbocycles. The van der Waals surface area contributed by atoms with E-state index in [4.69, 9.17) is 0 Å². The molecule has 6 heteroatoms. The van der Waals surface area contributed by atoms with Crippen molar-refractivity contribution in [1.29, 1.82) is 0 Å². The fraction of sp³-hybridized carbons (Fsp3) is 0.389. The van der Waals surface area contributed by atoms with Crippen molar-refractivity contribution in [3.63, 3.8) is 0 Å². The van der Waals surface area contributed by atoms with Crippen molar-refractivity contribution < 1.29 is 8.42 Å². The van der Waals surface area contributed by atoms with E-state index in [0.29, 0.717) is 24.5 Å². The molecule has 0 unspecified atom stereocenters. The van der Waals surface area contributed by atoms with E-state index in [9.17, 15) is 8.42 Å². The van der Waals surface area contributed by atoms with Gasteiger partial charge in [0.2, 0.25) is 10.0 Å². The van der Waals surface area contributed by atoms with Gasteiger partial charge < -0.3 is 5.32 Å². The molecule has 2 aromatic rings. The van der Waals surface area contributed by atoms with E-state index in [0.717, 1.165) is 36.9 Å². The van der Waals surface area contributed by atoms with Crippen LogP contribution >= 0.6 is 0 Å². The van der Waals surface area contributed by atoms with E-state index < -0.39 is 10.0 Å². The monoisotopic (exact) mass is 345 g/mol. The molecule has 0 atom stereocenters. The predicted molar refractivity (Wildman–Crippen MR) is 93.8 cm³/mol. The summed E-state index contributed by atoms with van der Waals surface area (Å²) >= 11 is 0. The fourth-order valence-corrected chi connectivity index (χ4v) is 4.40. The van der Waals surface area contributed by atoms with Crippen LogP contribution in [0.1, 0.15) is 30.4 Å². The van der Waals surface area contributed by atoms with Crippen LogP contribution in [-0.2, 0) is 23.1 Å². The van der Waals surface area contributed by atoms with Crippen LogP contribution in [0.3, 0.4) is 0 Å². The van der Waals surface area contributed by atoms with Gasteiger partial charge in [-0.15, -0.1) is 0 Å². The maximum absolute atomic E-state index is 12.6. The number of rotatable bonds is 6. The minimum Gasteiger partial charge on any atom is -0.309 e. The van der Waals surface area contributed by atoms with Gasteiger partial charge in [-0.3, -0.25) is 4.98 Å². The summed E-state index contributed by atoms with van der Waals surface area (Å²) in [4.78, 5) is 4.47. The van der Waals surface area contributed by atoms with Crippen LogP contribution in [0.2, 0.25) is 0 Å². The fourth-order valence-electron chi connectivity index (χ4n) is 2.89. The highest BCUT2D eigenvalue weighted by Gasteiger charge is 2.25. The zero-order chi connectivity index (χ0) is 16.8. The molecule has 1 fully saturated rings. The van der Waals surface area contributed by atoms with Gasteiger partial charge in [0.05, 0.1) is 4.90 Å². The molecule has 1 aromatic carbocycles. The molecule has 3 rings (SSSR count). The minimum absolute atomic E-state index is 0.389. The van der Waals surface area contributed by atoms with Gasteiger partial charge in [-0.25, -0.2) is 8.42 Å². The first-order chi connectivity index (χ1) is 11.7. The third-order valence-corrected chi connectivity index (χ3v) is 6.17. The first kappa shape index (κ1) is 17.1. The highest BCUT2D eigenvalue weighted by Crippen LogP contribution is 2.20. The Bertz CT molecular complexity index is 740. The van der Waals surface area contributed by atoms with Crippen LogP contribution < -0.4 is 5.32 Å². The van der Waals surface area contributed by atoms with Crippen molar-refractivity contribution in [1.82, 2.24) is 14.6 Å². The molecule has 1 saturated heterocycles. The van der Waals surface area contributed by atoms with Crippen LogP contribution in [0, 0.1) is 0 Å². The molecule has 1 aliphatic heterocycles. The predicted octanol–water partition coefficient (Wildman–Crippen LogP) is 2.55. The molecule has 1 aromatic heterocycles. The molecule has 0 aliphatic carbocycles. The van der Waals surface area contributed by atoms with Crippen LogP contribution in [0.25, 0.3) is 0 Å². The van der Waals surface area contributed by atoms with Gasteiger partial charge in [0.25, 0.3) is 0 Å². The Morgan fingerprint density at radius 3 is 2.33 bits per heavy atom. The standard InChI is InChI=1S/C18H23N3O2S/c22-24(23,21-11-2-1-3-12-21)18-8-6-16(7-9-18)13-20-15-17-5-4-10-19-14-17/h4-10,14,20H,1-3,11-13,15H2. The molecule has 5 nitrogen and oxygen atoms in total. The summed E-state index contributed by atoms with van der Waals surface area (Å²) in [5, 5.41) is 3.34. The highest BCUT2D eigenvalue weighted by atomic mass is 32.2. The van der Waals surface area contributed by atoms with Crippen molar-refractivity contribution in [3.05, 3.63) is 59.9 Å². The molecular formula is C18H23N3O2S. The van der Waals surface area contributed by atoms with Crippen LogP contribution in [0.15, 0.2) is 53.7 Å². The molecule has 0 bridgehead atoms. The van der Waals surface area contributed by atoms with E-state index in [2.05, 4.69) is 10.3 Å². The molecule has 0 radical (unpaired) electrons. The van der Waals surface area contributed by atoms with E-state index in [1.54, 1.807) is 22.6 Å². The lowest BCUT2D eigenvalue weighted by molar-refractivity contribution is 0.346. The van der Waals surface area contributed by atoms with Crippen molar-refractivity contribution in [2.75, 3.05) is 13.1 Å². The van der Waals surface area contributed by atoms with Crippen molar-refractivity contribution in [2.24, 2.45) is 0 Å². The Morgan fingerprint density at radius 2 is 1.67 bits per heavy atom. The summed E-state index contributed by atoms with van der Waals surface area (Å²) in [7, 11) is -3.34. The second-order valence-corrected chi connectivity index (χ2v) is 8.01. The van der Waals surface area contributed by atoms with Gasteiger partial charge in [0, 0.05) is 38.6 Å². The van der Waals surface area contributed by atoms with Gasteiger partial charge >= 0.3 is 0 Å². The Kier molecular flexibility index (Phi) is 5.60. The summed E-state index contributed by atoms with van der Waals surface area (Å²) in [5.41, 5.74) is 2.19. The molecule has 128 valence electrons. The van der Waals surface area contributed by atoms with Gasteiger partial charge in [-0.1, -0.05) is 24.6 Å². The van der Waals surface area contributed by atoms with Crippen molar-refractivity contribution in [2.45, 2.75) is 37.2 Å². The third kappa shape index (κ3) is 4.20. The maximum atomic E-state index is 12.6. The summed E-state index contributed by atoms with van der Waals surface area (Å²) in [6.45, 7) is 2.70. The summed E-state index contributed by atoms with van der Waals surface area (Å²) in [6, 6.07) is 11.1. The van der Waals surface area contributed by atoms with E-state index in [1.165, 1.54) is 0 Å². The number of hydrogen-bond donors (Lipinski definition) is 1. The Balaban J connectivity index is 1.58. The number of pyridine rings is 1. The topological polar surface area (TPSA) is 62.3 Å². The van der Waals surface area contributed by atoms with Crippen molar-refractivity contribution in [3.8, 4) is 0 Å². The molecule has 1 aliphatic rings. The quantitative estimate of drug-likeness (QED) is 0.874. The zero-order valence-electron chi connectivity index (χ0n) is 13.7. The average Bonchev–Trinajstić information content (AvgIpc) is 2.64. The second kappa shape index (κ2) is 7.88. The molecule has 24 heavy (non-hydrogen) atoms. The van der Waals surface area contributed by atoms with Gasteiger partial charge in [-0.2, -0.15) is 4.31 Å². The number of sulfonamides is 1. The number of aromatic nitrogens is 1. The van der Waals surface area contributed by atoms with E-state index in [-0.39, 0.29) is 0 Å². The minimum atomic E-state index is -3.34. The summed E-state index contributed by atoms with van der Waals surface area (Å²) in [5.74, 6) is 0. The average molecular weight is 345 g/mol. The first-order valence-electron chi connectivity index (χ1n) is 8.35. The summed E-state index contributed by atoms with van der Waals surface area (Å²) < 4.78 is 26.8. The number of piperidine rings is 1. The lowest BCUT2D eigenvalue weighted by Gasteiger charge is -2.25. The highest BCUT2D eigenvalue weighted by molar-refractivity contribution is 7.89. The first-order valence-corrected chi connectivity index (χ1v) is 9.79. The Morgan fingerprint density at radius 1 is 0.958 bits per heavy atom. The van der Waals surface area contributed by atoms with E-state index >= 15 is 0 Å². The summed E-state index contributed by atoms with van der Waals surface area (Å²) in [6.07, 6.45) is 6.62. The van der Waals surface area contributed by atoms with Crippen LogP contribution in [-0.4, -0.2) is 30.8 Å². The largest absolute Gasteiger partial charge is 0.309 e. The SMILES string of the molecule is O=S(=O)(c1ccc(CNCc2cccnc2)cc1)N1CCCCC1. The lowest BCUT2D eigenvalue weighted by Crippen LogP contribution is -2.35. The number of benzene rings is 1. The number of nitrogens with zero attached hydrogens (tertiary/aromatic N) is 2. The van der Waals surface area contributed by atoms with Crippen molar-refractivity contribution >= 4 is 10.0 Å². The molecule has 0 amide bonds. The van der Waals surface area contributed by atoms with Gasteiger partial charge in [-0.05, 0) is 42.2 Å². The number of nitrogens with one attached hydrogen (secondary N) is 1.